The van der Waals surface area contributed by atoms with Gasteiger partial charge in [0.25, 0.3) is 5.78 Å². The maximum absolute atomic E-state index is 13.5. The van der Waals surface area contributed by atoms with Crippen molar-refractivity contribution in [3.05, 3.63) is 92.5 Å². The molecule has 1 fully saturated rings. The van der Waals surface area contributed by atoms with Crippen LogP contribution in [-0.2, 0) is 9.59 Å². The van der Waals surface area contributed by atoms with Gasteiger partial charge in [-0.2, -0.15) is 0 Å². The summed E-state index contributed by atoms with van der Waals surface area (Å²) in [5.41, 5.74) is 3.29. The standard InChI is InChI=1S/C27H20Cl2N2O4S/c1-13-4-5-14(2)17(10-13)24(32)22-23(15-6-8-18(28)19(29)11-15)31(26(34)25(22)33)27-30-20-9-7-16(35-3)12-21(20)36-27/h4-12,23,32H,1-3H3. The van der Waals surface area contributed by atoms with Gasteiger partial charge >= 0.3 is 5.91 Å². The Balaban J connectivity index is 1.76. The number of Topliss-reactive ketones (excluding diaryl/α,β-unsaturated/α-hetero) is 1. The van der Waals surface area contributed by atoms with Crippen molar-refractivity contribution in [2.75, 3.05) is 12.0 Å². The third-order valence-electron chi connectivity index (χ3n) is 6.14. The number of fused-ring (bicyclic) bond motifs is 1. The monoisotopic (exact) mass is 538 g/mol. The van der Waals surface area contributed by atoms with Crippen LogP contribution in [0.15, 0.2) is 60.2 Å². The predicted octanol–water partition coefficient (Wildman–Crippen LogP) is 6.85. The quantitative estimate of drug-likeness (QED) is 0.174. The molecule has 4 aromatic rings. The summed E-state index contributed by atoms with van der Waals surface area (Å²) in [5, 5.41) is 12.3. The van der Waals surface area contributed by atoms with Crippen LogP contribution in [0.3, 0.4) is 0 Å². The van der Waals surface area contributed by atoms with Gasteiger partial charge in [0.05, 0.1) is 39.0 Å². The van der Waals surface area contributed by atoms with Crippen molar-refractivity contribution in [1.29, 1.82) is 0 Å². The predicted molar refractivity (Wildman–Crippen MR) is 143 cm³/mol. The zero-order valence-electron chi connectivity index (χ0n) is 19.5. The highest BCUT2D eigenvalue weighted by molar-refractivity contribution is 7.22. The highest BCUT2D eigenvalue weighted by atomic mass is 35.5. The van der Waals surface area contributed by atoms with E-state index >= 15 is 0 Å². The summed E-state index contributed by atoms with van der Waals surface area (Å²) >= 11 is 13.7. The Labute approximate surface area is 221 Å². The maximum atomic E-state index is 13.5. The van der Waals surface area contributed by atoms with Gasteiger partial charge in [-0.3, -0.25) is 14.5 Å². The molecular formula is C27H20Cl2N2O4S. The van der Waals surface area contributed by atoms with Gasteiger partial charge in [0.15, 0.2) is 5.13 Å². The lowest BCUT2D eigenvalue weighted by molar-refractivity contribution is -0.132. The van der Waals surface area contributed by atoms with Crippen molar-refractivity contribution in [3.63, 3.8) is 0 Å². The Morgan fingerprint density at radius 1 is 1.03 bits per heavy atom. The van der Waals surface area contributed by atoms with E-state index in [-0.39, 0.29) is 16.4 Å². The van der Waals surface area contributed by atoms with Crippen LogP contribution in [-0.4, -0.2) is 28.9 Å². The van der Waals surface area contributed by atoms with Crippen LogP contribution in [0.5, 0.6) is 5.75 Å². The molecule has 0 spiro atoms. The van der Waals surface area contributed by atoms with E-state index in [0.717, 1.165) is 15.8 Å². The number of aromatic nitrogens is 1. The number of carbonyl (C=O) groups is 2. The molecule has 5 rings (SSSR count). The SMILES string of the molecule is COc1ccc2nc(N3C(=O)C(=O)C(=C(O)c4cc(C)ccc4C)C3c3ccc(Cl)c(Cl)c3)sc2c1. The van der Waals surface area contributed by atoms with Crippen LogP contribution in [0.2, 0.25) is 10.0 Å². The Hall–Kier alpha value is -3.39. The van der Waals surface area contributed by atoms with Crippen molar-refractivity contribution in [2.45, 2.75) is 19.9 Å². The zero-order chi connectivity index (χ0) is 25.7. The number of nitrogens with zero attached hydrogens (tertiary/aromatic N) is 2. The molecule has 1 amide bonds. The molecule has 1 aliphatic rings. The number of aliphatic hydroxyl groups excluding tert-OH is 1. The number of carbonyl (C=O) groups excluding carboxylic acids is 2. The molecule has 1 N–H and O–H groups in total. The van der Waals surface area contributed by atoms with Gasteiger partial charge in [-0.05, 0) is 61.4 Å². The number of halogens is 2. The van der Waals surface area contributed by atoms with E-state index in [2.05, 4.69) is 4.98 Å². The van der Waals surface area contributed by atoms with Crippen LogP contribution in [0.25, 0.3) is 16.0 Å². The van der Waals surface area contributed by atoms with Crippen molar-refractivity contribution in [3.8, 4) is 5.75 Å². The first kappa shape index (κ1) is 24.3. The number of hydrogen-bond acceptors (Lipinski definition) is 6. The number of ether oxygens (including phenoxy) is 1. The third-order valence-corrected chi connectivity index (χ3v) is 7.90. The second-order valence-corrected chi connectivity index (χ2v) is 10.3. The maximum Gasteiger partial charge on any atom is 0.301 e. The summed E-state index contributed by atoms with van der Waals surface area (Å²) < 4.78 is 6.09. The average molecular weight is 539 g/mol. The van der Waals surface area contributed by atoms with Crippen LogP contribution in [0.4, 0.5) is 5.13 Å². The van der Waals surface area contributed by atoms with Crippen LogP contribution < -0.4 is 9.64 Å². The Bertz CT molecular complexity index is 1590. The first-order valence-corrected chi connectivity index (χ1v) is 12.5. The fourth-order valence-electron chi connectivity index (χ4n) is 4.29. The van der Waals surface area contributed by atoms with Gasteiger partial charge in [-0.15, -0.1) is 0 Å². The Kier molecular flexibility index (Phi) is 6.24. The molecule has 1 aromatic heterocycles. The van der Waals surface area contributed by atoms with E-state index in [0.29, 0.717) is 32.5 Å². The number of aryl methyl sites for hydroxylation is 2. The van der Waals surface area contributed by atoms with Gasteiger partial charge < -0.3 is 9.84 Å². The average Bonchev–Trinajstić information content (AvgIpc) is 3.39. The van der Waals surface area contributed by atoms with Crippen molar-refractivity contribution in [1.82, 2.24) is 4.98 Å². The minimum absolute atomic E-state index is 0.0380. The van der Waals surface area contributed by atoms with E-state index in [4.69, 9.17) is 27.9 Å². The van der Waals surface area contributed by atoms with Crippen molar-refractivity contribution < 1.29 is 19.4 Å². The first-order valence-electron chi connectivity index (χ1n) is 11.0. The summed E-state index contributed by atoms with van der Waals surface area (Å²) in [6.45, 7) is 3.72. The van der Waals surface area contributed by atoms with Gasteiger partial charge in [-0.1, -0.05) is 58.3 Å². The molecule has 1 aliphatic heterocycles. The summed E-state index contributed by atoms with van der Waals surface area (Å²) in [6.07, 6.45) is 0. The van der Waals surface area contributed by atoms with E-state index < -0.39 is 17.7 Å². The number of hydrogen-bond donors (Lipinski definition) is 1. The molecule has 36 heavy (non-hydrogen) atoms. The fourth-order valence-corrected chi connectivity index (χ4v) is 5.61. The minimum Gasteiger partial charge on any atom is -0.507 e. The summed E-state index contributed by atoms with van der Waals surface area (Å²) in [6, 6.07) is 14.9. The number of rotatable bonds is 4. The highest BCUT2D eigenvalue weighted by Gasteiger charge is 2.48. The molecule has 9 heteroatoms. The van der Waals surface area contributed by atoms with E-state index in [9.17, 15) is 14.7 Å². The van der Waals surface area contributed by atoms with Gasteiger partial charge in [0.1, 0.15) is 11.5 Å². The van der Waals surface area contributed by atoms with Crippen molar-refractivity contribution in [2.24, 2.45) is 0 Å². The molecule has 0 bridgehead atoms. The van der Waals surface area contributed by atoms with Crippen LogP contribution in [0.1, 0.15) is 28.3 Å². The van der Waals surface area contributed by atoms with Gasteiger partial charge in [0.2, 0.25) is 0 Å². The summed E-state index contributed by atoms with van der Waals surface area (Å²) in [4.78, 5) is 32.8. The number of thiazole rings is 1. The summed E-state index contributed by atoms with van der Waals surface area (Å²) in [5.74, 6) is -1.20. The lowest BCUT2D eigenvalue weighted by Crippen LogP contribution is -2.29. The lowest BCUT2D eigenvalue weighted by atomic mass is 9.93. The zero-order valence-corrected chi connectivity index (χ0v) is 21.8. The number of amides is 1. The highest BCUT2D eigenvalue weighted by Crippen LogP contribution is 2.45. The summed E-state index contributed by atoms with van der Waals surface area (Å²) in [7, 11) is 1.57. The van der Waals surface area contributed by atoms with Crippen LogP contribution in [0, 0.1) is 13.8 Å². The van der Waals surface area contributed by atoms with Gasteiger partial charge in [-0.25, -0.2) is 4.98 Å². The molecule has 1 unspecified atom stereocenters. The molecule has 1 atom stereocenters. The van der Waals surface area contributed by atoms with E-state index in [1.807, 2.05) is 32.0 Å². The molecule has 1 saturated heterocycles. The normalized spacial score (nSPS) is 17.2. The largest absolute Gasteiger partial charge is 0.507 e. The topological polar surface area (TPSA) is 79.7 Å². The second kappa shape index (κ2) is 9.24. The smallest absolute Gasteiger partial charge is 0.301 e. The number of ketones is 1. The molecular weight excluding hydrogens is 519 g/mol. The first-order chi connectivity index (χ1) is 17.2. The fraction of sp³-hybridized carbons (Fsp3) is 0.148. The van der Waals surface area contributed by atoms with E-state index in [1.165, 1.54) is 16.2 Å². The van der Waals surface area contributed by atoms with Crippen LogP contribution >= 0.6 is 34.5 Å². The molecule has 6 nitrogen and oxygen atoms in total. The molecule has 2 heterocycles. The number of benzene rings is 3. The number of methoxy groups -OCH3 is 1. The molecule has 182 valence electrons. The molecule has 0 radical (unpaired) electrons. The minimum atomic E-state index is -0.956. The van der Waals surface area contributed by atoms with E-state index in [1.54, 1.807) is 43.5 Å². The lowest BCUT2D eigenvalue weighted by Gasteiger charge is -2.23. The van der Waals surface area contributed by atoms with Crippen molar-refractivity contribution >= 4 is 67.3 Å². The van der Waals surface area contributed by atoms with Gasteiger partial charge in [0, 0.05) is 5.56 Å². The molecule has 3 aromatic carbocycles. The number of aliphatic hydroxyl groups is 1. The molecule has 0 aliphatic carbocycles. The Morgan fingerprint density at radius 2 is 1.81 bits per heavy atom. The third kappa shape index (κ3) is 4.03. The molecule has 0 saturated carbocycles. The Morgan fingerprint density at radius 3 is 2.53 bits per heavy atom. The second-order valence-electron chi connectivity index (χ2n) is 8.49. The number of anilines is 1.